The average molecular weight is 352 g/mol. The van der Waals surface area contributed by atoms with Gasteiger partial charge >= 0.3 is 0 Å². The van der Waals surface area contributed by atoms with Crippen LogP contribution in [0.4, 0.5) is 0 Å². The van der Waals surface area contributed by atoms with Crippen LogP contribution in [-0.4, -0.2) is 12.4 Å². The molecule has 3 rings (SSSR count). The van der Waals surface area contributed by atoms with E-state index >= 15 is 0 Å². The lowest BCUT2D eigenvalue weighted by Crippen LogP contribution is -2.21. The zero-order chi connectivity index (χ0) is 14.1. The van der Waals surface area contributed by atoms with E-state index in [-0.39, 0.29) is 11.7 Å². The van der Waals surface area contributed by atoms with Crippen molar-refractivity contribution in [2.45, 2.75) is 12.3 Å². The van der Waals surface area contributed by atoms with Gasteiger partial charge < -0.3 is 4.74 Å². The monoisotopic (exact) mass is 350 g/mol. The summed E-state index contributed by atoms with van der Waals surface area (Å²) >= 11 is 9.34. The summed E-state index contributed by atoms with van der Waals surface area (Å²) in [6.45, 7) is 0.568. The van der Waals surface area contributed by atoms with Crippen LogP contribution in [0, 0.1) is 0 Å². The van der Waals surface area contributed by atoms with Gasteiger partial charge in [-0.15, -0.1) is 0 Å². The highest BCUT2D eigenvalue weighted by atomic mass is 79.9. The lowest BCUT2D eigenvalue weighted by atomic mass is 9.86. The minimum Gasteiger partial charge on any atom is -0.493 e. The molecule has 0 spiro atoms. The molecule has 0 aromatic heterocycles. The molecule has 2 nitrogen and oxygen atoms in total. The van der Waals surface area contributed by atoms with Gasteiger partial charge in [0.2, 0.25) is 0 Å². The first-order valence-corrected chi connectivity index (χ1v) is 7.55. The zero-order valence-corrected chi connectivity index (χ0v) is 12.9. The third kappa shape index (κ3) is 2.48. The summed E-state index contributed by atoms with van der Waals surface area (Å²) in [5.41, 5.74) is 1.63. The van der Waals surface area contributed by atoms with E-state index < -0.39 is 0 Å². The van der Waals surface area contributed by atoms with Crippen molar-refractivity contribution in [1.82, 2.24) is 0 Å². The first-order valence-electron chi connectivity index (χ1n) is 6.38. The molecule has 4 heteroatoms. The molecule has 20 heavy (non-hydrogen) atoms. The predicted molar refractivity (Wildman–Crippen MR) is 82.8 cm³/mol. The lowest BCUT2D eigenvalue weighted by Gasteiger charge is -2.25. The minimum atomic E-state index is -0.155. The molecule has 0 saturated heterocycles. The molecular weight excluding hydrogens is 340 g/mol. The summed E-state index contributed by atoms with van der Waals surface area (Å²) < 4.78 is 6.34. The van der Waals surface area contributed by atoms with E-state index in [2.05, 4.69) is 15.9 Å². The van der Waals surface area contributed by atoms with Crippen LogP contribution in [0.3, 0.4) is 0 Å². The standard InChI is InChI=1S/C16H12BrClO2/c17-14-9-10(18)5-6-13(14)16(19)12-7-8-20-15-4-2-1-3-11(12)15/h1-6,9,12H,7-8H2. The number of Topliss-reactive ketones (excluding diaryl/α,β-unsaturated/α-hetero) is 1. The van der Waals surface area contributed by atoms with Crippen LogP contribution < -0.4 is 4.74 Å². The van der Waals surface area contributed by atoms with E-state index in [4.69, 9.17) is 16.3 Å². The number of hydrogen-bond donors (Lipinski definition) is 0. The van der Waals surface area contributed by atoms with Crippen molar-refractivity contribution >= 4 is 33.3 Å². The molecule has 0 bridgehead atoms. The largest absolute Gasteiger partial charge is 0.493 e. The van der Waals surface area contributed by atoms with E-state index in [1.165, 1.54) is 0 Å². The van der Waals surface area contributed by atoms with Crippen LogP contribution in [0.5, 0.6) is 5.75 Å². The maximum Gasteiger partial charge on any atom is 0.171 e. The molecule has 1 aliphatic heterocycles. The zero-order valence-electron chi connectivity index (χ0n) is 10.6. The molecule has 1 heterocycles. The Bertz CT molecular complexity index is 669. The molecule has 0 aliphatic carbocycles. The lowest BCUT2D eigenvalue weighted by molar-refractivity contribution is 0.0932. The third-order valence-electron chi connectivity index (χ3n) is 3.47. The molecule has 2 aromatic carbocycles. The van der Waals surface area contributed by atoms with Gasteiger partial charge in [-0.1, -0.05) is 29.8 Å². The molecule has 1 unspecified atom stereocenters. The average Bonchev–Trinajstić information content (AvgIpc) is 2.46. The summed E-state index contributed by atoms with van der Waals surface area (Å²) in [6, 6.07) is 13.0. The quantitative estimate of drug-likeness (QED) is 0.723. The fourth-order valence-corrected chi connectivity index (χ4v) is 3.37. The van der Waals surface area contributed by atoms with Crippen LogP contribution in [-0.2, 0) is 0 Å². The Morgan fingerprint density at radius 1 is 1.25 bits per heavy atom. The van der Waals surface area contributed by atoms with E-state index in [1.807, 2.05) is 24.3 Å². The van der Waals surface area contributed by atoms with Crippen LogP contribution in [0.2, 0.25) is 5.02 Å². The topological polar surface area (TPSA) is 26.3 Å². The number of ether oxygens (including phenoxy) is 1. The fourth-order valence-electron chi connectivity index (χ4n) is 2.49. The van der Waals surface area contributed by atoms with E-state index in [1.54, 1.807) is 18.2 Å². The van der Waals surface area contributed by atoms with Crippen LogP contribution in [0.1, 0.15) is 28.3 Å². The van der Waals surface area contributed by atoms with E-state index in [0.29, 0.717) is 23.6 Å². The number of benzene rings is 2. The van der Waals surface area contributed by atoms with Crippen molar-refractivity contribution in [2.24, 2.45) is 0 Å². The van der Waals surface area contributed by atoms with Crippen molar-refractivity contribution in [1.29, 1.82) is 0 Å². The fraction of sp³-hybridized carbons (Fsp3) is 0.188. The maximum absolute atomic E-state index is 12.8. The molecular formula is C16H12BrClO2. The Balaban J connectivity index is 2.00. The molecule has 0 saturated carbocycles. The summed E-state index contributed by atoms with van der Waals surface area (Å²) in [5.74, 6) is 0.754. The van der Waals surface area contributed by atoms with Gasteiger partial charge in [-0.25, -0.2) is 0 Å². The number of carbonyl (C=O) groups excluding carboxylic acids is 1. The molecule has 0 amide bonds. The van der Waals surface area contributed by atoms with E-state index in [0.717, 1.165) is 15.8 Å². The highest BCUT2D eigenvalue weighted by Gasteiger charge is 2.29. The van der Waals surface area contributed by atoms with Crippen molar-refractivity contribution in [2.75, 3.05) is 6.61 Å². The van der Waals surface area contributed by atoms with Crippen molar-refractivity contribution in [3.8, 4) is 5.75 Å². The number of carbonyl (C=O) groups is 1. The molecule has 2 aromatic rings. The Morgan fingerprint density at radius 2 is 2.05 bits per heavy atom. The summed E-state index contributed by atoms with van der Waals surface area (Å²) in [6.07, 6.45) is 0.699. The Hall–Kier alpha value is -1.32. The highest BCUT2D eigenvalue weighted by Crippen LogP contribution is 2.37. The first-order chi connectivity index (χ1) is 9.66. The van der Waals surface area contributed by atoms with Gasteiger partial charge in [0.15, 0.2) is 5.78 Å². The summed E-state index contributed by atoms with van der Waals surface area (Å²) in [4.78, 5) is 12.8. The highest BCUT2D eigenvalue weighted by molar-refractivity contribution is 9.10. The number of para-hydroxylation sites is 1. The SMILES string of the molecule is O=C(c1ccc(Cl)cc1Br)C1CCOc2ccccc21. The number of hydrogen-bond acceptors (Lipinski definition) is 2. The van der Waals surface area contributed by atoms with Gasteiger partial charge in [0.05, 0.1) is 12.5 Å². The van der Waals surface area contributed by atoms with Crippen molar-refractivity contribution in [3.05, 3.63) is 63.1 Å². The van der Waals surface area contributed by atoms with Gasteiger partial charge in [0.25, 0.3) is 0 Å². The Labute approximate surface area is 130 Å². The second-order valence-electron chi connectivity index (χ2n) is 4.72. The number of rotatable bonds is 2. The molecule has 1 atom stereocenters. The second kappa shape index (κ2) is 5.58. The number of ketones is 1. The Kier molecular flexibility index (Phi) is 3.81. The van der Waals surface area contributed by atoms with Crippen LogP contribution in [0.25, 0.3) is 0 Å². The van der Waals surface area contributed by atoms with Crippen molar-refractivity contribution < 1.29 is 9.53 Å². The summed E-state index contributed by atoms with van der Waals surface area (Å²) in [5, 5.41) is 0.612. The molecule has 102 valence electrons. The Morgan fingerprint density at radius 3 is 2.85 bits per heavy atom. The number of halogens is 2. The smallest absolute Gasteiger partial charge is 0.171 e. The molecule has 0 radical (unpaired) electrons. The summed E-state index contributed by atoms with van der Waals surface area (Å²) in [7, 11) is 0. The van der Waals surface area contributed by atoms with Gasteiger partial charge in [-0.2, -0.15) is 0 Å². The normalized spacial score (nSPS) is 17.2. The van der Waals surface area contributed by atoms with Gasteiger partial charge in [-0.3, -0.25) is 4.79 Å². The minimum absolute atomic E-state index is 0.101. The van der Waals surface area contributed by atoms with Gasteiger partial charge in [0.1, 0.15) is 5.75 Å². The predicted octanol–water partition coefficient (Wildman–Crippen LogP) is 4.85. The third-order valence-corrected chi connectivity index (χ3v) is 4.36. The van der Waals surface area contributed by atoms with Crippen LogP contribution in [0.15, 0.2) is 46.9 Å². The molecule has 0 fully saturated rings. The van der Waals surface area contributed by atoms with Gasteiger partial charge in [0, 0.05) is 20.6 Å². The molecule has 1 aliphatic rings. The number of fused-ring (bicyclic) bond motifs is 1. The maximum atomic E-state index is 12.8. The first kappa shape index (κ1) is 13.7. The molecule has 0 N–H and O–H groups in total. The second-order valence-corrected chi connectivity index (χ2v) is 6.01. The van der Waals surface area contributed by atoms with Crippen molar-refractivity contribution in [3.63, 3.8) is 0 Å². The van der Waals surface area contributed by atoms with Gasteiger partial charge in [-0.05, 0) is 46.6 Å². The van der Waals surface area contributed by atoms with Crippen LogP contribution >= 0.6 is 27.5 Å². The van der Waals surface area contributed by atoms with E-state index in [9.17, 15) is 4.79 Å².